The van der Waals surface area contributed by atoms with Crippen molar-refractivity contribution >= 4 is 0 Å². The summed E-state index contributed by atoms with van der Waals surface area (Å²) in [5, 5.41) is 12.8. The quantitative estimate of drug-likeness (QED) is 0.812. The van der Waals surface area contributed by atoms with Crippen LogP contribution in [0.3, 0.4) is 0 Å². The van der Waals surface area contributed by atoms with Gasteiger partial charge in [-0.25, -0.2) is 0 Å². The number of rotatable bonds is 6. The summed E-state index contributed by atoms with van der Waals surface area (Å²) in [5.41, 5.74) is 1.53. The number of aliphatic hydroxyl groups is 1. The summed E-state index contributed by atoms with van der Waals surface area (Å²) in [6.45, 7) is 9.11. The Morgan fingerprint density at radius 1 is 1.17 bits per heavy atom. The standard InChI is InChI=1S/C16H27NO/c1-13(12-14-8-6-5-7-9-14)17-15(10-11-18)16(2,3)4/h5-9,13,15,17-18H,10-12H2,1-4H3. The van der Waals surface area contributed by atoms with Crippen LogP contribution in [0.2, 0.25) is 0 Å². The van der Waals surface area contributed by atoms with Crippen molar-refractivity contribution in [2.45, 2.75) is 52.6 Å². The first-order valence-corrected chi connectivity index (χ1v) is 6.84. The molecule has 1 rings (SSSR count). The summed E-state index contributed by atoms with van der Waals surface area (Å²) in [6, 6.07) is 11.3. The molecule has 2 heteroatoms. The van der Waals surface area contributed by atoms with E-state index in [1.165, 1.54) is 5.56 Å². The minimum Gasteiger partial charge on any atom is -0.396 e. The summed E-state index contributed by atoms with van der Waals surface area (Å²) in [6.07, 6.45) is 1.83. The molecular formula is C16H27NO. The van der Waals surface area contributed by atoms with E-state index in [0.29, 0.717) is 12.1 Å². The Morgan fingerprint density at radius 2 is 1.78 bits per heavy atom. The number of benzene rings is 1. The van der Waals surface area contributed by atoms with Gasteiger partial charge in [0.05, 0.1) is 0 Å². The lowest BCUT2D eigenvalue weighted by molar-refractivity contribution is 0.187. The van der Waals surface area contributed by atoms with Crippen LogP contribution in [0.5, 0.6) is 0 Å². The van der Waals surface area contributed by atoms with Gasteiger partial charge in [0.15, 0.2) is 0 Å². The van der Waals surface area contributed by atoms with E-state index in [-0.39, 0.29) is 12.0 Å². The van der Waals surface area contributed by atoms with Crippen LogP contribution in [0.1, 0.15) is 39.7 Å². The van der Waals surface area contributed by atoms with E-state index in [0.717, 1.165) is 12.8 Å². The third-order valence-electron chi connectivity index (χ3n) is 3.33. The fraction of sp³-hybridized carbons (Fsp3) is 0.625. The Balaban J connectivity index is 2.54. The molecule has 2 unspecified atom stereocenters. The SMILES string of the molecule is CC(Cc1ccccc1)NC(CCO)C(C)(C)C. The number of hydrogen-bond acceptors (Lipinski definition) is 2. The number of nitrogens with one attached hydrogen (secondary N) is 1. The van der Waals surface area contributed by atoms with Crippen molar-refractivity contribution in [2.75, 3.05) is 6.61 Å². The molecule has 18 heavy (non-hydrogen) atoms. The van der Waals surface area contributed by atoms with Gasteiger partial charge in [-0.1, -0.05) is 51.1 Å². The number of hydrogen-bond donors (Lipinski definition) is 2. The minimum absolute atomic E-state index is 0.174. The molecule has 2 nitrogen and oxygen atoms in total. The molecule has 0 saturated carbocycles. The van der Waals surface area contributed by atoms with E-state index in [1.807, 2.05) is 6.07 Å². The Bertz CT molecular complexity index is 329. The molecule has 0 heterocycles. The maximum Gasteiger partial charge on any atom is 0.0446 e. The molecule has 2 atom stereocenters. The lowest BCUT2D eigenvalue weighted by Gasteiger charge is -2.34. The fourth-order valence-corrected chi connectivity index (χ4v) is 2.27. The zero-order valence-electron chi connectivity index (χ0n) is 12.1. The van der Waals surface area contributed by atoms with Crippen LogP contribution < -0.4 is 5.32 Å². The topological polar surface area (TPSA) is 32.3 Å². The monoisotopic (exact) mass is 249 g/mol. The Morgan fingerprint density at radius 3 is 2.28 bits per heavy atom. The van der Waals surface area contributed by atoms with Crippen LogP contribution >= 0.6 is 0 Å². The summed E-state index contributed by atoms with van der Waals surface area (Å²) in [5.74, 6) is 0. The van der Waals surface area contributed by atoms with Gasteiger partial charge in [-0.15, -0.1) is 0 Å². The first kappa shape index (κ1) is 15.2. The molecule has 0 aliphatic rings. The van der Waals surface area contributed by atoms with Crippen molar-refractivity contribution in [1.29, 1.82) is 0 Å². The van der Waals surface area contributed by atoms with Crippen molar-refractivity contribution in [2.24, 2.45) is 5.41 Å². The van der Waals surface area contributed by atoms with E-state index < -0.39 is 0 Å². The summed E-state index contributed by atoms with van der Waals surface area (Å²) >= 11 is 0. The van der Waals surface area contributed by atoms with E-state index >= 15 is 0 Å². The second kappa shape index (κ2) is 6.91. The van der Waals surface area contributed by atoms with Crippen molar-refractivity contribution in [1.82, 2.24) is 5.32 Å². The second-order valence-corrected chi connectivity index (χ2v) is 6.19. The molecule has 0 aliphatic heterocycles. The van der Waals surface area contributed by atoms with Gasteiger partial charge in [0, 0.05) is 18.7 Å². The zero-order chi connectivity index (χ0) is 13.6. The van der Waals surface area contributed by atoms with Gasteiger partial charge >= 0.3 is 0 Å². The molecule has 102 valence electrons. The highest BCUT2D eigenvalue weighted by Gasteiger charge is 2.25. The third-order valence-corrected chi connectivity index (χ3v) is 3.33. The normalized spacial score (nSPS) is 15.4. The molecule has 0 radical (unpaired) electrons. The molecule has 1 aromatic carbocycles. The van der Waals surface area contributed by atoms with Crippen LogP contribution in [0.15, 0.2) is 30.3 Å². The van der Waals surface area contributed by atoms with Gasteiger partial charge in [0.1, 0.15) is 0 Å². The van der Waals surface area contributed by atoms with Crippen molar-refractivity contribution < 1.29 is 5.11 Å². The summed E-state index contributed by atoms with van der Waals surface area (Å²) < 4.78 is 0. The Hall–Kier alpha value is -0.860. The van der Waals surface area contributed by atoms with Gasteiger partial charge < -0.3 is 10.4 Å². The van der Waals surface area contributed by atoms with Gasteiger partial charge in [-0.3, -0.25) is 0 Å². The molecule has 0 aromatic heterocycles. The Labute approximate surface area is 111 Å². The first-order chi connectivity index (χ1) is 8.43. The second-order valence-electron chi connectivity index (χ2n) is 6.19. The fourth-order valence-electron chi connectivity index (χ4n) is 2.27. The van der Waals surface area contributed by atoms with E-state index in [4.69, 9.17) is 5.11 Å². The predicted octanol–water partition coefficient (Wildman–Crippen LogP) is 3.00. The molecule has 2 N–H and O–H groups in total. The summed E-state index contributed by atoms with van der Waals surface area (Å²) in [4.78, 5) is 0. The predicted molar refractivity (Wildman–Crippen MR) is 77.7 cm³/mol. The lowest BCUT2D eigenvalue weighted by Crippen LogP contribution is -2.46. The van der Waals surface area contributed by atoms with Gasteiger partial charge in [-0.05, 0) is 30.7 Å². The van der Waals surface area contributed by atoms with Gasteiger partial charge in [0.25, 0.3) is 0 Å². The number of aliphatic hydroxyl groups excluding tert-OH is 1. The molecule has 0 aliphatic carbocycles. The van der Waals surface area contributed by atoms with Crippen molar-refractivity contribution in [3.63, 3.8) is 0 Å². The van der Waals surface area contributed by atoms with E-state index in [9.17, 15) is 0 Å². The molecule has 0 saturated heterocycles. The average Bonchev–Trinajstić information content (AvgIpc) is 2.28. The van der Waals surface area contributed by atoms with Crippen LogP contribution in [0.4, 0.5) is 0 Å². The highest BCUT2D eigenvalue weighted by Crippen LogP contribution is 2.22. The van der Waals surface area contributed by atoms with Crippen LogP contribution in [-0.4, -0.2) is 23.8 Å². The molecule has 0 spiro atoms. The molecule has 1 aromatic rings. The smallest absolute Gasteiger partial charge is 0.0446 e. The Kier molecular flexibility index (Phi) is 5.83. The van der Waals surface area contributed by atoms with Gasteiger partial charge in [0.2, 0.25) is 0 Å². The largest absolute Gasteiger partial charge is 0.396 e. The maximum atomic E-state index is 9.16. The highest BCUT2D eigenvalue weighted by molar-refractivity contribution is 5.15. The minimum atomic E-state index is 0.174. The van der Waals surface area contributed by atoms with Crippen LogP contribution in [0.25, 0.3) is 0 Å². The zero-order valence-corrected chi connectivity index (χ0v) is 12.1. The van der Waals surface area contributed by atoms with Crippen LogP contribution in [-0.2, 0) is 6.42 Å². The maximum absolute atomic E-state index is 9.16. The lowest BCUT2D eigenvalue weighted by atomic mass is 9.84. The molecular weight excluding hydrogens is 222 g/mol. The summed E-state index contributed by atoms with van der Waals surface area (Å²) in [7, 11) is 0. The third kappa shape index (κ3) is 5.19. The molecule has 0 amide bonds. The first-order valence-electron chi connectivity index (χ1n) is 6.84. The van der Waals surface area contributed by atoms with E-state index in [1.54, 1.807) is 0 Å². The van der Waals surface area contributed by atoms with Crippen molar-refractivity contribution in [3.8, 4) is 0 Å². The highest BCUT2D eigenvalue weighted by atomic mass is 16.3. The van der Waals surface area contributed by atoms with Gasteiger partial charge in [-0.2, -0.15) is 0 Å². The van der Waals surface area contributed by atoms with Crippen molar-refractivity contribution in [3.05, 3.63) is 35.9 Å². The molecule has 0 fully saturated rings. The average molecular weight is 249 g/mol. The molecule has 0 bridgehead atoms. The van der Waals surface area contributed by atoms with Crippen LogP contribution in [0, 0.1) is 5.41 Å². The van der Waals surface area contributed by atoms with E-state index in [2.05, 4.69) is 57.3 Å².